The van der Waals surface area contributed by atoms with E-state index in [1.54, 1.807) is 0 Å². The van der Waals surface area contributed by atoms with Gasteiger partial charge in [-0.2, -0.15) is 0 Å². The van der Waals surface area contributed by atoms with Gasteiger partial charge in [-0.1, -0.05) is 60.3 Å². The molecule has 0 aliphatic carbocycles. The van der Waals surface area contributed by atoms with E-state index in [2.05, 4.69) is 15.5 Å². The number of carbonyl (C=O) groups is 1. The minimum Gasteiger partial charge on any atom is -0.325 e. The molecule has 7 heteroatoms. The van der Waals surface area contributed by atoms with Gasteiger partial charge in [0.05, 0.1) is 5.75 Å². The van der Waals surface area contributed by atoms with Crippen LogP contribution in [0, 0.1) is 5.82 Å². The molecule has 3 aromatic carbocycles. The standard InChI is InChI=1S/C23H19FN4OS/c24-18-11-13-19(14-12-18)25-22(29)16-30-23-27-26-21(15-17-7-3-1-4-8-17)28(23)20-9-5-2-6-10-20/h1-14H,15-16H2,(H,25,29). The maximum atomic E-state index is 13.0. The summed E-state index contributed by atoms with van der Waals surface area (Å²) >= 11 is 1.31. The van der Waals surface area contributed by atoms with E-state index in [-0.39, 0.29) is 17.5 Å². The zero-order valence-electron chi connectivity index (χ0n) is 16.0. The minimum absolute atomic E-state index is 0.160. The van der Waals surface area contributed by atoms with E-state index >= 15 is 0 Å². The van der Waals surface area contributed by atoms with E-state index in [4.69, 9.17) is 0 Å². The molecule has 1 amide bonds. The molecule has 5 nitrogen and oxygen atoms in total. The third kappa shape index (κ3) is 4.93. The smallest absolute Gasteiger partial charge is 0.234 e. The molecule has 0 saturated carbocycles. The van der Waals surface area contributed by atoms with Gasteiger partial charge in [-0.3, -0.25) is 9.36 Å². The lowest BCUT2D eigenvalue weighted by molar-refractivity contribution is -0.113. The second kappa shape index (κ2) is 9.37. The highest BCUT2D eigenvalue weighted by molar-refractivity contribution is 7.99. The first-order valence-electron chi connectivity index (χ1n) is 9.41. The fourth-order valence-electron chi connectivity index (χ4n) is 2.98. The monoisotopic (exact) mass is 418 g/mol. The highest BCUT2D eigenvalue weighted by atomic mass is 32.2. The number of carbonyl (C=O) groups excluding carboxylic acids is 1. The highest BCUT2D eigenvalue weighted by Gasteiger charge is 2.16. The van der Waals surface area contributed by atoms with Crippen molar-refractivity contribution in [1.29, 1.82) is 0 Å². The average molecular weight is 418 g/mol. The number of nitrogens with zero attached hydrogens (tertiary/aromatic N) is 3. The summed E-state index contributed by atoms with van der Waals surface area (Å²) in [5.74, 6) is 0.421. The van der Waals surface area contributed by atoms with Crippen molar-refractivity contribution in [2.45, 2.75) is 11.6 Å². The second-order valence-corrected chi connectivity index (χ2v) is 7.52. The molecule has 0 bridgehead atoms. The van der Waals surface area contributed by atoms with Crippen molar-refractivity contribution in [1.82, 2.24) is 14.8 Å². The zero-order chi connectivity index (χ0) is 20.8. The molecule has 1 N–H and O–H groups in total. The molecule has 30 heavy (non-hydrogen) atoms. The van der Waals surface area contributed by atoms with Gasteiger partial charge in [0.1, 0.15) is 11.6 Å². The van der Waals surface area contributed by atoms with Gasteiger partial charge in [0, 0.05) is 17.8 Å². The molecule has 0 aliphatic heterocycles. The van der Waals surface area contributed by atoms with Crippen LogP contribution in [0.5, 0.6) is 0 Å². The van der Waals surface area contributed by atoms with Crippen molar-refractivity contribution in [2.75, 3.05) is 11.1 Å². The van der Waals surface area contributed by atoms with Crippen molar-refractivity contribution >= 4 is 23.4 Å². The first-order chi connectivity index (χ1) is 14.7. The van der Waals surface area contributed by atoms with Gasteiger partial charge in [0.25, 0.3) is 0 Å². The van der Waals surface area contributed by atoms with Gasteiger partial charge in [0.2, 0.25) is 5.91 Å². The molecule has 4 aromatic rings. The van der Waals surface area contributed by atoms with Crippen LogP contribution >= 0.6 is 11.8 Å². The Morgan fingerprint density at radius 1 is 0.900 bits per heavy atom. The Bertz CT molecular complexity index is 1120. The molecule has 1 aromatic heterocycles. The fraction of sp³-hybridized carbons (Fsp3) is 0.0870. The maximum Gasteiger partial charge on any atom is 0.234 e. The number of aromatic nitrogens is 3. The van der Waals surface area contributed by atoms with Gasteiger partial charge in [-0.15, -0.1) is 10.2 Å². The van der Waals surface area contributed by atoms with Gasteiger partial charge >= 0.3 is 0 Å². The number of anilines is 1. The fourth-order valence-corrected chi connectivity index (χ4v) is 3.75. The first kappa shape index (κ1) is 19.8. The molecule has 4 rings (SSSR count). The minimum atomic E-state index is -0.343. The van der Waals surface area contributed by atoms with Crippen LogP contribution in [0.3, 0.4) is 0 Å². The lowest BCUT2D eigenvalue weighted by atomic mass is 10.1. The predicted octanol–water partition coefficient (Wildman–Crippen LogP) is 4.73. The van der Waals surface area contributed by atoms with E-state index in [9.17, 15) is 9.18 Å². The van der Waals surface area contributed by atoms with Crippen LogP contribution < -0.4 is 5.32 Å². The molecule has 1 heterocycles. The Morgan fingerprint density at radius 2 is 1.57 bits per heavy atom. The second-order valence-electron chi connectivity index (χ2n) is 6.58. The van der Waals surface area contributed by atoms with E-state index < -0.39 is 0 Å². The van der Waals surface area contributed by atoms with Gasteiger partial charge in [-0.25, -0.2) is 4.39 Å². The van der Waals surface area contributed by atoms with E-state index in [1.807, 2.05) is 65.2 Å². The topological polar surface area (TPSA) is 59.8 Å². The van der Waals surface area contributed by atoms with Crippen molar-refractivity contribution < 1.29 is 9.18 Å². The van der Waals surface area contributed by atoms with Crippen molar-refractivity contribution in [3.63, 3.8) is 0 Å². The Labute approximate surface area is 178 Å². The number of hydrogen-bond donors (Lipinski definition) is 1. The molecule has 0 unspecified atom stereocenters. The lowest BCUT2D eigenvalue weighted by Crippen LogP contribution is -2.14. The number of rotatable bonds is 7. The molecule has 0 atom stereocenters. The van der Waals surface area contributed by atoms with Gasteiger partial charge in [-0.05, 0) is 42.0 Å². The number of amides is 1. The number of para-hydroxylation sites is 1. The van der Waals surface area contributed by atoms with Gasteiger partial charge < -0.3 is 5.32 Å². The number of thioether (sulfide) groups is 1. The molecule has 0 aliphatic rings. The van der Waals surface area contributed by atoms with Gasteiger partial charge in [0.15, 0.2) is 5.16 Å². The van der Waals surface area contributed by atoms with Crippen LogP contribution in [0.4, 0.5) is 10.1 Å². The van der Waals surface area contributed by atoms with E-state index in [1.165, 1.54) is 36.0 Å². The molecule has 0 radical (unpaired) electrons. The summed E-state index contributed by atoms with van der Waals surface area (Å²) in [5, 5.41) is 12.1. The summed E-state index contributed by atoms with van der Waals surface area (Å²) in [6, 6.07) is 25.6. The Balaban J connectivity index is 1.52. The number of benzene rings is 3. The summed E-state index contributed by atoms with van der Waals surface area (Å²) in [7, 11) is 0. The van der Waals surface area contributed by atoms with Crippen LogP contribution in [0.15, 0.2) is 90.1 Å². The molecular weight excluding hydrogens is 399 g/mol. The third-order valence-electron chi connectivity index (χ3n) is 4.38. The number of nitrogens with one attached hydrogen (secondary N) is 1. The Morgan fingerprint density at radius 3 is 2.27 bits per heavy atom. The van der Waals surface area contributed by atoms with Crippen LogP contribution in [-0.2, 0) is 11.2 Å². The molecule has 0 saturated heterocycles. The van der Waals surface area contributed by atoms with Crippen molar-refractivity contribution in [3.05, 3.63) is 102 Å². The van der Waals surface area contributed by atoms with Crippen LogP contribution in [0.25, 0.3) is 5.69 Å². The third-order valence-corrected chi connectivity index (χ3v) is 5.31. The zero-order valence-corrected chi connectivity index (χ0v) is 16.8. The van der Waals surface area contributed by atoms with E-state index in [0.717, 1.165) is 17.1 Å². The Hall–Kier alpha value is -3.45. The van der Waals surface area contributed by atoms with Crippen LogP contribution in [0.2, 0.25) is 0 Å². The maximum absolute atomic E-state index is 13.0. The summed E-state index contributed by atoms with van der Waals surface area (Å²) in [6.07, 6.45) is 0.630. The summed E-state index contributed by atoms with van der Waals surface area (Å²) in [6.45, 7) is 0. The summed E-state index contributed by atoms with van der Waals surface area (Å²) < 4.78 is 15.0. The first-order valence-corrected chi connectivity index (χ1v) is 10.4. The average Bonchev–Trinajstić information content (AvgIpc) is 3.17. The molecule has 0 fully saturated rings. The SMILES string of the molecule is O=C(CSc1nnc(Cc2ccccc2)n1-c1ccccc1)Nc1ccc(F)cc1. The van der Waals surface area contributed by atoms with Crippen LogP contribution in [0.1, 0.15) is 11.4 Å². The summed E-state index contributed by atoms with van der Waals surface area (Å²) in [5.41, 5.74) is 2.62. The largest absolute Gasteiger partial charge is 0.325 e. The predicted molar refractivity (Wildman–Crippen MR) is 116 cm³/mol. The lowest BCUT2D eigenvalue weighted by Gasteiger charge is -2.10. The molecule has 150 valence electrons. The molecule has 0 spiro atoms. The number of hydrogen-bond acceptors (Lipinski definition) is 4. The highest BCUT2D eigenvalue weighted by Crippen LogP contribution is 2.23. The molecular formula is C23H19FN4OS. The number of halogens is 1. The van der Waals surface area contributed by atoms with Crippen LogP contribution in [-0.4, -0.2) is 26.4 Å². The summed E-state index contributed by atoms with van der Waals surface area (Å²) in [4.78, 5) is 12.3. The van der Waals surface area contributed by atoms with E-state index in [0.29, 0.717) is 17.3 Å². The quantitative estimate of drug-likeness (QED) is 0.441. The van der Waals surface area contributed by atoms with Crippen molar-refractivity contribution in [3.8, 4) is 5.69 Å². The normalized spacial score (nSPS) is 10.7. The Kier molecular flexibility index (Phi) is 6.20. The van der Waals surface area contributed by atoms with Crippen molar-refractivity contribution in [2.24, 2.45) is 0 Å².